The number of methoxy groups -OCH3 is 1. The number of nitrogens with one attached hydrogen (secondary N) is 1. The molecule has 1 heterocycles. The number of anilines is 1. The van der Waals surface area contributed by atoms with Crippen molar-refractivity contribution < 1.29 is 19.1 Å². The Kier molecular flexibility index (Phi) is 6.31. The predicted octanol–water partition coefficient (Wildman–Crippen LogP) is 2.17. The Morgan fingerprint density at radius 1 is 1.14 bits per heavy atom. The average Bonchev–Trinajstić information content (AvgIpc) is 3.16. The third-order valence-electron chi connectivity index (χ3n) is 3.85. The number of tetrazole rings is 1. The third-order valence-corrected chi connectivity index (χ3v) is 3.85. The van der Waals surface area contributed by atoms with E-state index in [0.717, 1.165) is 5.56 Å². The molecule has 9 nitrogen and oxygen atoms in total. The van der Waals surface area contributed by atoms with Gasteiger partial charge in [0.25, 0.3) is 5.91 Å². The molecule has 0 saturated heterocycles. The molecule has 3 rings (SSSR count). The molecule has 29 heavy (non-hydrogen) atoms. The second-order valence-electron chi connectivity index (χ2n) is 5.93. The topological polar surface area (TPSA) is 108 Å². The smallest absolute Gasteiger partial charge is 0.357 e. The van der Waals surface area contributed by atoms with Gasteiger partial charge in [0.1, 0.15) is 5.75 Å². The summed E-state index contributed by atoms with van der Waals surface area (Å²) in [5, 5.41) is 13.8. The lowest BCUT2D eigenvalue weighted by Gasteiger charge is -2.10. The molecule has 0 saturated carbocycles. The van der Waals surface area contributed by atoms with Crippen LogP contribution in [0, 0.1) is 6.92 Å². The van der Waals surface area contributed by atoms with E-state index in [1.54, 1.807) is 37.3 Å². The fraction of sp³-hybridized carbons (Fsp3) is 0.150. The monoisotopic (exact) mass is 393 g/mol. The number of hydrogen-bond acceptors (Lipinski definition) is 7. The summed E-state index contributed by atoms with van der Waals surface area (Å²) in [5.41, 5.74) is 1.38. The standard InChI is InChI=1S/C20H19N5O4/c1-14-22-23-24-25(14)18(11-15-7-4-3-5-8-15)20(27)29-13-19(26)21-16-9-6-10-17(12-16)28-2/h3-12H,13H2,1-2H3,(H,21,26)/b18-11-. The lowest BCUT2D eigenvalue weighted by Crippen LogP contribution is -2.23. The first-order valence-electron chi connectivity index (χ1n) is 8.70. The lowest BCUT2D eigenvalue weighted by molar-refractivity contribution is -0.141. The summed E-state index contributed by atoms with van der Waals surface area (Å²) in [6.45, 7) is 1.19. The number of hydrogen-bond donors (Lipinski definition) is 1. The second-order valence-corrected chi connectivity index (χ2v) is 5.93. The van der Waals surface area contributed by atoms with Gasteiger partial charge < -0.3 is 14.8 Å². The summed E-state index contributed by atoms with van der Waals surface area (Å²) in [6, 6.07) is 16.0. The lowest BCUT2D eigenvalue weighted by atomic mass is 10.2. The van der Waals surface area contributed by atoms with E-state index in [9.17, 15) is 9.59 Å². The van der Waals surface area contributed by atoms with Crippen molar-refractivity contribution >= 4 is 29.3 Å². The van der Waals surface area contributed by atoms with Crippen LogP contribution >= 0.6 is 0 Å². The fourth-order valence-corrected chi connectivity index (χ4v) is 2.47. The number of carbonyl (C=O) groups excluding carboxylic acids is 2. The minimum absolute atomic E-state index is 0.0906. The number of nitrogens with zero attached hydrogens (tertiary/aromatic N) is 4. The Hall–Kier alpha value is -4.01. The molecule has 148 valence electrons. The van der Waals surface area contributed by atoms with Gasteiger partial charge in [-0.25, -0.2) is 4.79 Å². The largest absolute Gasteiger partial charge is 0.497 e. The Labute approximate surface area is 166 Å². The van der Waals surface area contributed by atoms with Crippen LogP contribution in [0.1, 0.15) is 11.4 Å². The van der Waals surface area contributed by atoms with Gasteiger partial charge >= 0.3 is 5.97 Å². The SMILES string of the molecule is COc1cccc(NC(=O)COC(=O)/C(=C/c2ccccc2)n2nnnc2C)c1. The molecule has 9 heteroatoms. The molecule has 1 aromatic heterocycles. The number of ether oxygens (including phenoxy) is 2. The zero-order valence-corrected chi connectivity index (χ0v) is 15.9. The Morgan fingerprint density at radius 3 is 2.62 bits per heavy atom. The first kappa shape index (κ1) is 19.7. The van der Waals surface area contributed by atoms with Crippen molar-refractivity contribution in [3.8, 4) is 5.75 Å². The summed E-state index contributed by atoms with van der Waals surface area (Å²) in [5.74, 6) is -0.212. The third kappa shape index (κ3) is 5.25. The Morgan fingerprint density at radius 2 is 1.93 bits per heavy atom. The van der Waals surface area contributed by atoms with Crippen molar-refractivity contribution in [3.63, 3.8) is 0 Å². The maximum absolute atomic E-state index is 12.6. The number of benzene rings is 2. The van der Waals surface area contributed by atoms with E-state index >= 15 is 0 Å². The molecule has 1 N–H and O–H groups in total. The molecule has 0 aliphatic heterocycles. The first-order valence-corrected chi connectivity index (χ1v) is 8.70. The number of amides is 1. The molecule has 0 spiro atoms. The fourth-order valence-electron chi connectivity index (χ4n) is 2.47. The number of rotatable bonds is 7. The molecule has 0 unspecified atom stereocenters. The average molecular weight is 393 g/mol. The van der Waals surface area contributed by atoms with Crippen LogP contribution in [0.15, 0.2) is 54.6 Å². The predicted molar refractivity (Wildman–Crippen MR) is 106 cm³/mol. The summed E-state index contributed by atoms with van der Waals surface area (Å²) < 4.78 is 11.5. The van der Waals surface area contributed by atoms with E-state index in [1.165, 1.54) is 11.8 Å². The van der Waals surface area contributed by atoms with Gasteiger partial charge in [0, 0.05) is 11.8 Å². The van der Waals surface area contributed by atoms with Gasteiger partial charge in [0.05, 0.1) is 7.11 Å². The van der Waals surface area contributed by atoms with Gasteiger partial charge in [0.15, 0.2) is 18.1 Å². The number of aryl methyl sites for hydroxylation is 1. The minimum Gasteiger partial charge on any atom is -0.497 e. The molecular formula is C20H19N5O4. The highest BCUT2D eigenvalue weighted by Gasteiger charge is 2.19. The van der Waals surface area contributed by atoms with Crippen LogP contribution < -0.4 is 10.1 Å². The maximum Gasteiger partial charge on any atom is 0.357 e. The summed E-state index contributed by atoms with van der Waals surface area (Å²) >= 11 is 0. The number of carbonyl (C=O) groups is 2. The van der Waals surface area contributed by atoms with Crippen LogP contribution in [0.4, 0.5) is 5.69 Å². The van der Waals surface area contributed by atoms with Crippen LogP contribution in [0.25, 0.3) is 11.8 Å². The summed E-state index contributed by atoms with van der Waals surface area (Å²) in [7, 11) is 1.53. The molecule has 0 aliphatic carbocycles. The molecule has 0 aliphatic rings. The van der Waals surface area contributed by atoms with Crippen LogP contribution in [0.2, 0.25) is 0 Å². The second kappa shape index (κ2) is 9.27. The van der Waals surface area contributed by atoms with Gasteiger partial charge in [-0.05, 0) is 41.1 Å². The maximum atomic E-state index is 12.6. The van der Waals surface area contributed by atoms with Crippen LogP contribution in [-0.2, 0) is 14.3 Å². The number of aromatic nitrogens is 4. The van der Waals surface area contributed by atoms with Crippen LogP contribution in [0.5, 0.6) is 5.75 Å². The van der Waals surface area contributed by atoms with Crippen molar-refractivity contribution in [3.05, 3.63) is 66.0 Å². The zero-order chi connectivity index (χ0) is 20.6. The summed E-state index contributed by atoms with van der Waals surface area (Å²) in [6.07, 6.45) is 1.59. The van der Waals surface area contributed by atoms with Gasteiger partial charge in [-0.2, -0.15) is 4.68 Å². The highest BCUT2D eigenvalue weighted by molar-refractivity contribution is 6.15. The van der Waals surface area contributed by atoms with Gasteiger partial charge in [-0.3, -0.25) is 4.79 Å². The van der Waals surface area contributed by atoms with E-state index in [4.69, 9.17) is 9.47 Å². The van der Waals surface area contributed by atoms with E-state index < -0.39 is 18.5 Å². The van der Waals surface area contributed by atoms with Crippen molar-refractivity contribution in [1.29, 1.82) is 0 Å². The molecular weight excluding hydrogens is 374 g/mol. The van der Waals surface area contributed by atoms with Crippen LogP contribution in [-0.4, -0.2) is 45.8 Å². The van der Waals surface area contributed by atoms with Crippen LogP contribution in [0.3, 0.4) is 0 Å². The molecule has 3 aromatic rings. The first-order chi connectivity index (χ1) is 14.1. The van der Waals surface area contributed by atoms with Gasteiger partial charge in [0.2, 0.25) is 0 Å². The minimum atomic E-state index is -0.731. The quantitative estimate of drug-likeness (QED) is 0.484. The molecule has 0 bridgehead atoms. The molecule has 0 fully saturated rings. The van der Waals surface area contributed by atoms with Gasteiger partial charge in [-0.1, -0.05) is 36.4 Å². The van der Waals surface area contributed by atoms with E-state index in [1.807, 2.05) is 30.3 Å². The van der Waals surface area contributed by atoms with Crippen molar-refractivity contribution in [1.82, 2.24) is 20.2 Å². The highest BCUT2D eigenvalue weighted by atomic mass is 16.5. The molecule has 0 radical (unpaired) electrons. The summed E-state index contributed by atoms with van der Waals surface area (Å²) in [4.78, 5) is 24.8. The van der Waals surface area contributed by atoms with E-state index in [-0.39, 0.29) is 5.70 Å². The van der Waals surface area contributed by atoms with Crippen molar-refractivity contribution in [2.24, 2.45) is 0 Å². The van der Waals surface area contributed by atoms with E-state index in [0.29, 0.717) is 17.3 Å². The molecule has 1 amide bonds. The van der Waals surface area contributed by atoms with Crippen molar-refractivity contribution in [2.75, 3.05) is 19.0 Å². The highest BCUT2D eigenvalue weighted by Crippen LogP contribution is 2.17. The molecule has 2 aromatic carbocycles. The zero-order valence-electron chi connectivity index (χ0n) is 15.9. The Bertz CT molecular complexity index is 1030. The van der Waals surface area contributed by atoms with Crippen molar-refractivity contribution in [2.45, 2.75) is 6.92 Å². The number of esters is 1. The normalized spacial score (nSPS) is 11.0. The van der Waals surface area contributed by atoms with E-state index in [2.05, 4.69) is 20.8 Å². The van der Waals surface area contributed by atoms with Gasteiger partial charge in [-0.15, -0.1) is 5.10 Å². The Balaban J connectivity index is 1.71. The molecule has 0 atom stereocenters.